The third kappa shape index (κ3) is 2.89. The lowest BCUT2D eigenvalue weighted by Crippen LogP contribution is -2.47. The number of hydrogen-bond donors (Lipinski definition) is 2. The number of anilines is 1. The Hall–Kier alpha value is -1.72. The van der Waals surface area contributed by atoms with Crippen molar-refractivity contribution in [3.63, 3.8) is 0 Å². The predicted octanol–water partition coefficient (Wildman–Crippen LogP) is 2.30. The molecule has 1 aliphatic rings. The van der Waals surface area contributed by atoms with E-state index < -0.39 is 17.2 Å². The van der Waals surface area contributed by atoms with E-state index in [0.717, 1.165) is 31.4 Å². The van der Waals surface area contributed by atoms with Gasteiger partial charge in [0.2, 0.25) is 0 Å². The van der Waals surface area contributed by atoms with Crippen LogP contribution >= 0.6 is 0 Å². The molecule has 1 saturated carbocycles. The number of ether oxygens (including phenoxy) is 1. The molecular weight excluding hydrogens is 256 g/mol. The molecule has 0 spiro atoms. The maximum absolute atomic E-state index is 12.1. The molecule has 1 aromatic rings. The molecule has 6 heteroatoms. The van der Waals surface area contributed by atoms with Gasteiger partial charge in [0.25, 0.3) is 0 Å². The first-order chi connectivity index (χ1) is 9.23. The van der Waals surface area contributed by atoms with Crippen molar-refractivity contribution in [1.82, 2.24) is 15.1 Å². The second kappa shape index (κ2) is 5.00. The number of carbonyl (C=O) groups excluding carboxylic acids is 1. The minimum Gasteiger partial charge on any atom is -0.444 e. The number of amides is 1. The lowest BCUT2D eigenvalue weighted by molar-refractivity contribution is 0.0449. The van der Waals surface area contributed by atoms with Crippen molar-refractivity contribution in [2.24, 2.45) is 7.05 Å². The average molecular weight is 280 g/mol. The molecule has 20 heavy (non-hydrogen) atoms. The summed E-state index contributed by atoms with van der Waals surface area (Å²) in [4.78, 5) is 12.1. The van der Waals surface area contributed by atoms with Crippen LogP contribution in [0.2, 0.25) is 0 Å². The Morgan fingerprint density at radius 2 is 2.05 bits per heavy atom. The van der Waals surface area contributed by atoms with Crippen LogP contribution in [0, 0.1) is 0 Å². The summed E-state index contributed by atoms with van der Waals surface area (Å²) in [5, 5.41) is 7.22. The minimum absolute atomic E-state index is 0.403. The van der Waals surface area contributed by atoms with Crippen LogP contribution < -0.4 is 11.1 Å². The number of nitrogens with zero attached hydrogens (tertiary/aromatic N) is 2. The normalized spacial score (nSPS) is 18.0. The van der Waals surface area contributed by atoms with Crippen molar-refractivity contribution in [2.75, 3.05) is 5.73 Å². The molecule has 0 aromatic carbocycles. The number of rotatable bonds is 2. The molecule has 112 valence electrons. The summed E-state index contributed by atoms with van der Waals surface area (Å²) >= 11 is 0. The highest BCUT2D eigenvalue weighted by atomic mass is 16.6. The molecular formula is C14H24N4O2. The zero-order chi connectivity index (χ0) is 15.0. The van der Waals surface area contributed by atoms with Gasteiger partial charge in [-0.2, -0.15) is 5.10 Å². The van der Waals surface area contributed by atoms with Gasteiger partial charge in [-0.15, -0.1) is 0 Å². The van der Waals surface area contributed by atoms with E-state index in [9.17, 15) is 4.79 Å². The highest BCUT2D eigenvalue weighted by Gasteiger charge is 2.41. The van der Waals surface area contributed by atoms with Crippen LogP contribution in [-0.4, -0.2) is 21.5 Å². The molecule has 1 heterocycles. The molecule has 0 bridgehead atoms. The summed E-state index contributed by atoms with van der Waals surface area (Å²) in [6.45, 7) is 5.56. The van der Waals surface area contributed by atoms with E-state index in [4.69, 9.17) is 10.5 Å². The van der Waals surface area contributed by atoms with Crippen molar-refractivity contribution in [3.8, 4) is 0 Å². The summed E-state index contributed by atoms with van der Waals surface area (Å²) in [6, 6.07) is 0. The van der Waals surface area contributed by atoms with E-state index in [1.165, 1.54) is 0 Å². The van der Waals surface area contributed by atoms with E-state index in [1.807, 2.05) is 27.8 Å². The lowest BCUT2D eigenvalue weighted by atomic mass is 9.92. The minimum atomic E-state index is -0.512. The number of nitrogens with two attached hydrogens (primary N) is 1. The standard InChI is InChI=1S/C14H24N4O2/c1-13(2,3)20-12(19)17-14(7-5-6-8-14)11-10(15)9-16-18(11)4/h9H,5-8,15H2,1-4H3,(H,17,19). The van der Waals surface area contributed by atoms with Gasteiger partial charge in [0, 0.05) is 7.05 Å². The number of hydrogen-bond acceptors (Lipinski definition) is 4. The zero-order valence-electron chi connectivity index (χ0n) is 12.7. The molecule has 0 unspecified atom stereocenters. The van der Waals surface area contributed by atoms with Crippen molar-refractivity contribution in [1.29, 1.82) is 0 Å². The molecule has 1 aromatic heterocycles. The third-order valence-corrected chi connectivity index (χ3v) is 3.62. The fourth-order valence-electron chi connectivity index (χ4n) is 2.94. The second-order valence-electron chi connectivity index (χ2n) is 6.49. The van der Waals surface area contributed by atoms with Crippen LogP contribution in [0.25, 0.3) is 0 Å². The summed E-state index contributed by atoms with van der Waals surface area (Å²) in [5.41, 5.74) is 6.55. The van der Waals surface area contributed by atoms with Crippen LogP contribution in [-0.2, 0) is 17.3 Å². The number of nitrogen functional groups attached to an aromatic ring is 1. The molecule has 1 amide bonds. The Balaban J connectivity index is 2.25. The average Bonchev–Trinajstić information content (AvgIpc) is 2.84. The molecule has 6 nitrogen and oxygen atoms in total. The Morgan fingerprint density at radius 3 is 2.50 bits per heavy atom. The van der Waals surface area contributed by atoms with Crippen molar-refractivity contribution >= 4 is 11.8 Å². The van der Waals surface area contributed by atoms with Crippen LogP contribution in [0.3, 0.4) is 0 Å². The van der Waals surface area contributed by atoms with E-state index in [-0.39, 0.29) is 0 Å². The molecule has 3 N–H and O–H groups in total. The Morgan fingerprint density at radius 1 is 1.45 bits per heavy atom. The number of alkyl carbamates (subject to hydrolysis) is 1. The van der Waals surface area contributed by atoms with E-state index in [2.05, 4.69) is 10.4 Å². The SMILES string of the molecule is Cn1ncc(N)c1C1(NC(=O)OC(C)(C)C)CCCC1. The number of aryl methyl sites for hydroxylation is 1. The van der Waals surface area contributed by atoms with Crippen LogP contribution in [0.4, 0.5) is 10.5 Å². The first-order valence-corrected chi connectivity index (χ1v) is 7.03. The zero-order valence-corrected chi connectivity index (χ0v) is 12.7. The van der Waals surface area contributed by atoms with Crippen molar-refractivity contribution in [3.05, 3.63) is 11.9 Å². The van der Waals surface area contributed by atoms with E-state index in [0.29, 0.717) is 5.69 Å². The van der Waals surface area contributed by atoms with Gasteiger partial charge < -0.3 is 15.8 Å². The topological polar surface area (TPSA) is 82.2 Å². The highest BCUT2D eigenvalue weighted by Crippen LogP contribution is 2.41. The smallest absolute Gasteiger partial charge is 0.408 e. The number of nitrogens with one attached hydrogen (secondary N) is 1. The maximum Gasteiger partial charge on any atom is 0.408 e. The molecule has 0 radical (unpaired) electrons. The first-order valence-electron chi connectivity index (χ1n) is 7.03. The first kappa shape index (κ1) is 14.7. The lowest BCUT2D eigenvalue weighted by Gasteiger charge is -2.32. The van der Waals surface area contributed by atoms with Crippen molar-refractivity contribution < 1.29 is 9.53 Å². The van der Waals surface area contributed by atoms with Crippen LogP contribution in [0.1, 0.15) is 52.1 Å². The van der Waals surface area contributed by atoms with E-state index >= 15 is 0 Å². The Bertz CT molecular complexity index is 476. The maximum atomic E-state index is 12.1. The third-order valence-electron chi connectivity index (χ3n) is 3.62. The van der Waals surface area contributed by atoms with Gasteiger partial charge >= 0.3 is 6.09 Å². The van der Waals surface area contributed by atoms with Gasteiger partial charge in [-0.25, -0.2) is 4.79 Å². The second-order valence-corrected chi connectivity index (χ2v) is 6.49. The molecule has 2 rings (SSSR count). The summed E-state index contributed by atoms with van der Waals surface area (Å²) < 4.78 is 7.13. The van der Waals surface area contributed by atoms with Crippen molar-refractivity contribution in [2.45, 2.75) is 57.6 Å². The van der Waals surface area contributed by atoms with Gasteiger partial charge in [0.1, 0.15) is 5.60 Å². The predicted molar refractivity (Wildman–Crippen MR) is 77.1 cm³/mol. The van der Waals surface area contributed by atoms with Gasteiger partial charge in [-0.3, -0.25) is 4.68 Å². The van der Waals surface area contributed by atoms with Gasteiger partial charge in [0.05, 0.1) is 23.1 Å². The molecule has 0 atom stereocenters. The van der Waals surface area contributed by atoms with Gasteiger partial charge in [0.15, 0.2) is 0 Å². The van der Waals surface area contributed by atoms with Crippen LogP contribution in [0.5, 0.6) is 0 Å². The molecule has 0 aliphatic heterocycles. The summed E-state index contributed by atoms with van der Waals surface area (Å²) in [6.07, 6.45) is 5.05. The van der Waals surface area contributed by atoms with Gasteiger partial charge in [-0.05, 0) is 33.6 Å². The fraction of sp³-hybridized carbons (Fsp3) is 0.714. The molecule has 0 saturated heterocycles. The molecule has 1 fully saturated rings. The molecule has 1 aliphatic carbocycles. The summed E-state index contributed by atoms with van der Waals surface area (Å²) in [7, 11) is 1.85. The summed E-state index contributed by atoms with van der Waals surface area (Å²) in [5.74, 6) is 0. The Labute approximate surface area is 119 Å². The largest absolute Gasteiger partial charge is 0.444 e. The number of aromatic nitrogens is 2. The monoisotopic (exact) mass is 280 g/mol. The fourth-order valence-corrected chi connectivity index (χ4v) is 2.94. The number of carbonyl (C=O) groups is 1. The van der Waals surface area contributed by atoms with E-state index in [1.54, 1.807) is 10.9 Å². The van der Waals surface area contributed by atoms with Gasteiger partial charge in [-0.1, -0.05) is 12.8 Å². The van der Waals surface area contributed by atoms with Crippen LogP contribution in [0.15, 0.2) is 6.20 Å². The highest BCUT2D eigenvalue weighted by molar-refractivity contribution is 5.70. The Kier molecular flexibility index (Phi) is 3.67. The quantitative estimate of drug-likeness (QED) is 0.870.